The van der Waals surface area contributed by atoms with Crippen LogP contribution >= 0.6 is 0 Å². The lowest BCUT2D eigenvalue weighted by atomic mass is 10.1. The predicted molar refractivity (Wildman–Crippen MR) is 90.4 cm³/mol. The smallest absolute Gasteiger partial charge is 0.387 e. The van der Waals surface area contributed by atoms with E-state index in [1.165, 1.54) is 49.5 Å². The molecule has 2 rings (SSSR count). The minimum Gasteiger partial charge on any atom is -0.454 e. The summed E-state index contributed by atoms with van der Waals surface area (Å²) in [4.78, 5) is 23.9. The van der Waals surface area contributed by atoms with E-state index in [-0.39, 0.29) is 21.8 Å². The Balaban J connectivity index is 2.01. The van der Waals surface area contributed by atoms with Crippen LogP contribution in [0.2, 0.25) is 0 Å². The molecule has 0 aliphatic rings. The third-order valence-electron chi connectivity index (χ3n) is 3.38. The molecular formula is C17H15F2NO6S. The Morgan fingerprint density at radius 3 is 2.33 bits per heavy atom. The summed E-state index contributed by atoms with van der Waals surface area (Å²) >= 11 is 0. The van der Waals surface area contributed by atoms with Crippen molar-refractivity contribution in [2.75, 3.05) is 13.7 Å². The van der Waals surface area contributed by atoms with E-state index in [4.69, 9.17) is 4.74 Å². The molecule has 0 atom stereocenters. The van der Waals surface area contributed by atoms with E-state index in [2.05, 4.69) is 9.46 Å². The lowest BCUT2D eigenvalue weighted by Gasteiger charge is -2.07. The molecule has 0 bridgehead atoms. The molecule has 27 heavy (non-hydrogen) atoms. The standard InChI is InChI=1S/C17H15F2NO6S/c1-20-27(23,24)14-4-2-3-12(9-14)16(22)25-10-15(21)11-5-7-13(8-6-11)26-17(18)19/h2-9,17,20H,10H2,1H3. The molecule has 0 spiro atoms. The van der Waals surface area contributed by atoms with Gasteiger partial charge in [-0.3, -0.25) is 4.79 Å². The Bertz CT molecular complexity index is 929. The topological polar surface area (TPSA) is 98.8 Å². The Labute approximate surface area is 154 Å². The Hall–Kier alpha value is -2.85. The molecule has 0 saturated carbocycles. The van der Waals surface area contributed by atoms with E-state index >= 15 is 0 Å². The lowest BCUT2D eigenvalue weighted by molar-refractivity contribution is -0.0498. The van der Waals surface area contributed by atoms with Gasteiger partial charge in [0, 0.05) is 5.56 Å². The van der Waals surface area contributed by atoms with Gasteiger partial charge in [-0.25, -0.2) is 17.9 Å². The van der Waals surface area contributed by atoms with Crippen molar-refractivity contribution >= 4 is 21.8 Å². The van der Waals surface area contributed by atoms with Gasteiger partial charge < -0.3 is 9.47 Å². The molecule has 0 aliphatic heterocycles. The number of Topliss-reactive ketones (excluding diaryl/α,β-unsaturated/α-hetero) is 1. The summed E-state index contributed by atoms with van der Waals surface area (Å²) in [6, 6.07) is 10.0. The number of ketones is 1. The van der Waals surface area contributed by atoms with Crippen LogP contribution in [0.25, 0.3) is 0 Å². The van der Waals surface area contributed by atoms with Gasteiger partial charge in [-0.05, 0) is 49.5 Å². The molecule has 2 aromatic rings. The average Bonchev–Trinajstić information content (AvgIpc) is 2.66. The number of sulfonamides is 1. The number of rotatable bonds is 8. The summed E-state index contributed by atoms with van der Waals surface area (Å²) in [5.74, 6) is -1.55. The van der Waals surface area contributed by atoms with Crippen LogP contribution < -0.4 is 9.46 Å². The van der Waals surface area contributed by atoms with Crippen molar-refractivity contribution in [1.29, 1.82) is 0 Å². The molecule has 0 heterocycles. The minimum absolute atomic E-state index is 0.0418. The second-order valence-corrected chi connectivity index (χ2v) is 7.02. The van der Waals surface area contributed by atoms with Gasteiger partial charge in [-0.2, -0.15) is 8.78 Å². The first-order chi connectivity index (χ1) is 12.7. The first-order valence-corrected chi connectivity index (χ1v) is 9.00. The zero-order chi connectivity index (χ0) is 20.0. The van der Waals surface area contributed by atoms with Crippen LogP contribution in [0.4, 0.5) is 8.78 Å². The van der Waals surface area contributed by atoms with Crippen molar-refractivity contribution < 1.29 is 36.3 Å². The number of hydrogen-bond donors (Lipinski definition) is 1. The van der Waals surface area contributed by atoms with E-state index in [1.807, 2.05) is 0 Å². The molecular weight excluding hydrogens is 384 g/mol. The zero-order valence-electron chi connectivity index (χ0n) is 14.0. The molecule has 0 radical (unpaired) electrons. The summed E-state index contributed by atoms with van der Waals surface area (Å²) < 4.78 is 58.8. The summed E-state index contributed by atoms with van der Waals surface area (Å²) in [5.41, 5.74) is 0.0933. The maximum absolute atomic E-state index is 12.1. The fourth-order valence-electron chi connectivity index (χ4n) is 2.03. The molecule has 0 aromatic heterocycles. The number of carbonyl (C=O) groups is 2. The molecule has 0 saturated heterocycles. The second kappa shape index (κ2) is 8.69. The molecule has 144 valence electrons. The van der Waals surface area contributed by atoms with Crippen molar-refractivity contribution in [1.82, 2.24) is 4.72 Å². The predicted octanol–water partition coefficient (Wildman–Crippen LogP) is 2.24. The van der Waals surface area contributed by atoms with Crippen LogP contribution in [0.1, 0.15) is 20.7 Å². The molecule has 0 amide bonds. The van der Waals surface area contributed by atoms with Gasteiger partial charge in [-0.15, -0.1) is 0 Å². The zero-order valence-corrected chi connectivity index (χ0v) is 14.8. The molecule has 2 aromatic carbocycles. The van der Waals surface area contributed by atoms with Gasteiger partial charge in [-0.1, -0.05) is 6.07 Å². The fourth-order valence-corrected chi connectivity index (χ4v) is 2.80. The molecule has 10 heteroatoms. The second-order valence-electron chi connectivity index (χ2n) is 5.14. The highest BCUT2D eigenvalue weighted by Crippen LogP contribution is 2.16. The van der Waals surface area contributed by atoms with Crippen molar-refractivity contribution in [2.24, 2.45) is 0 Å². The maximum Gasteiger partial charge on any atom is 0.387 e. The van der Waals surface area contributed by atoms with Crippen molar-refractivity contribution in [3.05, 3.63) is 59.7 Å². The normalized spacial score (nSPS) is 11.3. The molecule has 0 fully saturated rings. The van der Waals surface area contributed by atoms with E-state index in [1.54, 1.807) is 0 Å². The first-order valence-electron chi connectivity index (χ1n) is 7.52. The molecule has 0 unspecified atom stereocenters. The largest absolute Gasteiger partial charge is 0.454 e. The number of alkyl halides is 2. The van der Waals surface area contributed by atoms with Crippen molar-refractivity contribution in [3.8, 4) is 5.75 Å². The minimum atomic E-state index is -3.73. The van der Waals surface area contributed by atoms with Gasteiger partial charge >= 0.3 is 12.6 Å². The third kappa shape index (κ3) is 5.56. The fraction of sp³-hybridized carbons (Fsp3) is 0.176. The van der Waals surface area contributed by atoms with Crippen molar-refractivity contribution in [3.63, 3.8) is 0 Å². The van der Waals surface area contributed by atoms with Crippen LogP contribution in [0, 0.1) is 0 Å². The highest BCUT2D eigenvalue weighted by atomic mass is 32.2. The Kier molecular flexibility index (Phi) is 6.59. The van der Waals surface area contributed by atoms with Crippen LogP contribution in [0.3, 0.4) is 0 Å². The van der Waals surface area contributed by atoms with Gasteiger partial charge in [0.05, 0.1) is 10.5 Å². The summed E-state index contributed by atoms with van der Waals surface area (Å²) in [6.07, 6.45) is 0. The lowest BCUT2D eigenvalue weighted by Crippen LogP contribution is -2.19. The number of ether oxygens (including phenoxy) is 2. The number of benzene rings is 2. The summed E-state index contributed by atoms with van der Waals surface area (Å²) in [6.45, 7) is -3.58. The number of nitrogens with one attached hydrogen (secondary N) is 1. The van der Waals surface area contributed by atoms with Crippen LogP contribution in [-0.2, 0) is 14.8 Å². The maximum atomic E-state index is 12.1. The van der Waals surface area contributed by atoms with E-state index in [0.717, 1.165) is 6.07 Å². The van der Waals surface area contributed by atoms with Gasteiger partial charge in [0.25, 0.3) is 0 Å². The van der Waals surface area contributed by atoms with Gasteiger partial charge in [0.15, 0.2) is 12.4 Å². The van der Waals surface area contributed by atoms with E-state index in [9.17, 15) is 26.8 Å². The first kappa shape index (κ1) is 20.5. The van der Waals surface area contributed by atoms with Crippen LogP contribution in [0.5, 0.6) is 5.75 Å². The Morgan fingerprint density at radius 2 is 1.74 bits per heavy atom. The molecule has 1 N–H and O–H groups in total. The monoisotopic (exact) mass is 399 g/mol. The van der Waals surface area contributed by atoms with Gasteiger partial charge in [0.1, 0.15) is 5.75 Å². The highest BCUT2D eigenvalue weighted by Gasteiger charge is 2.16. The number of hydrogen-bond acceptors (Lipinski definition) is 6. The number of esters is 1. The van der Waals surface area contributed by atoms with Crippen LogP contribution in [0.15, 0.2) is 53.4 Å². The van der Waals surface area contributed by atoms with E-state index < -0.39 is 35.0 Å². The molecule has 0 aliphatic carbocycles. The van der Waals surface area contributed by atoms with E-state index in [0.29, 0.717) is 0 Å². The van der Waals surface area contributed by atoms with Crippen LogP contribution in [-0.4, -0.2) is 40.4 Å². The molecule has 7 nitrogen and oxygen atoms in total. The van der Waals surface area contributed by atoms with Gasteiger partial charge in [0.2, 0.25) is 10.0 Å². The Morgan fingerprint density at radius 1 is 1.07 bits per heavy atom. The highest BCUT2D eigenvalue weighted by molar-refractivity contribution is 7.89. The summed E-state index contributed by atoms with van der Waals surface area (Å²) in [5, 5.41) is 0. The average molecular weight is 399 g/mol. The number of carbonyl (C=O) groups excluding carboxylic acids is 2. The quantitative estimate of drug-likeness (QED) is 0.540. The summed E-state index contributed by atoms with van der Waals surface area (Å²) in [7, 11) is -2.50. The van der Waals surface area contributed by atoms with Crippen molar-refractivity contribution in [2.45, 2.75) is 11.5 Å². The number of halogens is 2. The SMILES string of the molecule is CNS(=O)(=O)c1cccc(C(=O)OCC(=O)c2ccc(OC(F)F)cc2)c1. The third-order valence-corrected chi connectivity index (χ3v) is 4.80.